The molecule has 2 aromatic rings. The van der Waals surface area contributed by atoms with E-state index in [4.69, 9.17) is 37.4 Å². The molecular weight excluding hydrogens is 319 g/mol. The van der Waals surface area contributed by atoms with E-state index in [0.717, 1.165) is 0 Å². The molecule has 0 aliphatic rings. The average Bonchev–Trinajstić information content (AvgIpc) is 2.49. The molecule has 1 aromatic heterocycles. The van der Waals surface area contributed by atoms with Crippen LogP contribution < -0.4 is 19.5 Å². The standard InChI is InChI=1S/C12H12Cl2N4O3/c1-19-7-4-6(5-8(20-2)9(7)21-3)15-11-10(13)17-18-12(14)16-11/h4-5H,1-3H3,(H,15,16,18). The van der Waals surface area contributed by atoms with Gasteiger partial charge in [0.2, 0.25) is 11.0 Å². The van der Waals surface area contributed by atoms with Crippen LogP contribution in [0.1, 0.15) is 0 Å². The van der Waals surface area contributed by atoms with Gasteiger partial charge in [0.1, 0.15) is 0 Å². The van der Waals surface area contributed by atoms with Crippen molar-refractivity contribution in [3.05, 3.63) is 22.6 Å². The molecule has 1 aromatic carbocycles. The second-order valence-corrected chi connectivity index (χ2v) is 4.46. The third kappa shape index (κ3) is 3.37. The number of rotatable bonds is 5. The second kappa shape index (κ2) is 6.64. The minimum atomic E-state index is -0.0191. The molecule has 0 atom stereocenters. The number of ether oxygens (including phenoxy) is 3. The van der Waals surface area contributed by atoms with E-state index in [2.05, 4.69) is 20.5 Å². The zero-order valence-electron chi connectivity index (χ0n) is 11.5. The van der Waals surface area contributed by atoms with Crippen LogP contribution >= 0.6 is 23.2 Å². The number of anilines is 2. The molecule has 0 radical (unpaired) electrons. The van der Waals surface area contributed by atoms with Gasteiger partial charge in [0, 0.05) is 17.8 Å². The highest BCUT2D eigenvalue weighted by Crippen LogP contribution is 2.40. The highest BCUT2D eigenvalue weighted by molar-refractivity contribution is 6.32. The van der Waals surface area contributed by atoms with Crippen LogP contribution in [0.15, 0.2) is 12.1 Å². The van der Waals surface area contributed by atoms with Crippen LogP contribution in [-0.4, -0.2) is 36.5 Å². The fourth-order valence-electron chi connectivity index (χ4n) is 1.66. The van der Waals surface area contributed by atoms with Crippen molar-refractivity contribution in [1.29, 1.82) is 0 Å². The van der Waals surface area contributed by atoms with E-state index in [1.165, 1.54) is 21.3 Å². The van der Waals surface area contributed by atoms with Crippen molar-refractivity contribution < 1.29 is 14.2 Å². The summed E-state index contributed by atoms with van der Waals surface area (Å²) >= 11 is 11.6. The predicted molar refractivity (Wildman–Crippen MR) is 79.2 cm³/mol. The number of nitrogens with zero attached hydrogens (tertiary/aromatic N) is 3. The number of benzene rings is 1. The van der Waals surface area contributed by atoms with Gasteiger partial charge in [-0.25, -0.2) is 0 Å². The Morgan fingerprint density at radius 1 is 0.952 bits per heavy atom. The number of nitrogens with one attached hydrogen (secondary N) is 1. The van der Waals surface area contributed by atoms with Crippen molar-refractivity contribution in [2.24, 2.45) is 0 Å². The summed E-state index contributed by atoms with van der Waals surface area (Å²) in [7, 11) is 4.58. The maximum atomic E-state index is 5.91. The number of hydrogen-bond acceptors (Lipinski definition) is 7. The van der Waals surface area contributed by atoms with E-state index in [1.807, 2.05) is 0 Å². The zero-order valence-corrected chi connectivity index (χ0v) is 13.0. The molecule has 0 amide bonds. The SMILES string of the molecule is COc1cc(Nc2nc(Cl)nnc2Cl)cc(OC)c1OC. The van der Waals surface area contributed by atoms with E-state index >= 15 is 0 Å². The molecule has 9 heteroatoms. The van der Waals surface area contributed by atoms with E-state index in [1.54, 1.807) is 12.1 Å². The summed E-state index contributed by atoms with van der Waals surface area (Å²) in [6.07, 6.45) is 0. The summed E-state index contributed by atoms with van der Waals surface area (Å²) in [5.74, 6) is 1.73. The van der Waals surface area contributed by atoms with E-state index in [0.29, 0.717) is 22.9 Å². The van der Waals surface area contributed by atoms with Crippen LogP contribution in [0.2, 0.25) is 10.4 Å². The molecule has 0 spiro atoms. The Kier molecular flexibility index (Phi) is 4.87. The Balaban J connectivity index is 2.42. The van der Waals surface area contributed by atoms with E-state index < -0.39 is 0 Å². The lowest BCUT2D eigenvalue weighted by Gasteiger charge is -2.15. The molecule has 2 rings (SSSR count). The average molecular weight is 331 g/mol. The zero-order chi connectivity index (χ0) is 15.4. The fraction of sp³-hybridized carbons (Fsp3) is 0.250. The lowest BCUT2D eigenvalue weighted by molar-refractivity contribution is 0.324. The number of halogens is 2. The summed E-state index contributed by atoms with van der Waals surface area (Å²) in [6, 6.07) is 3.40. The van der Waals surface area contributed by atoms with Gasteiger partial charge >= 0.3 is 0 Å². The first-order valence-corrected chi connectivity index (χ1v) is 6.47. The Labute approximate surface area is 131 Å². The monoisotopic (exact) mass is 330 g/mol. The summed E-state index contributed by atoms with van der Waals surface area (Å²) in [6.45, 7) is 0. The normalized spacial score (nSPS) is 10.1. The molecule has 0 saturated carbocycles. The summed E-state index contributed by atoms with van der Waals surface area (Å²) in [5, 5.41) is 10.2. The first kappa shape index (κ1) is 15.4. The largest absolute Gasteiger partial charge is 0.493 e. The van der Waals surface area contributed by atoms with Crippen molar-refractivity contribution in [3.63, 3.8) is 0 Å². The maximum absolute atomic E-state index is 5.91. The molecule has 7 nitrogen and oxygen atoms in total. The Morgan fingerprint density at radius 3 is 2.10 bits per heavy atom. The minimum Gasteiger partial charge on any atom is -0.493 e. The Bertz CT molecular complexity index is 629. The van der Waals surface area contributed by atoms with Gasteiger partial charge in [0.15, 0.2) is 22.5 Å². The van der Waals surface area contributed by atoms with Crippen molar-refractivity contribution in [3.8, 4) is 17.2 Å². The highest BCUT2D eigenvalue weighted by atomic mass is 35.5. The fourth-order valence-corrected chi connectivity index (χ4v) is 1.91. The number of methoxy groups -OCH3 is 3. The van der Waals surface area contributed by atoms with Crippen LogP contribution in [0.4, 0.5) is 11.5 Å². The lowest BCUT2D eigenvalue weighted by Crippen LogP contribution is -2.01. The Morgan fingerprint density at radius 2 is 1.57 bits per heavy atom. The molecule has 1 heterocycles. The molecule has 0 aliphatic carbocycles. The topological polar surface area (TPSA) is 78.4 Å². The molecule has 0 saturated heterocycles. The first-order valence-electron chi connectivity index (χ1n) is 5.71. The molecule has 1 N–H and O–H groups in total. The van der Waals surface area contributed by atoms with Gasteiger partial charge in [-0.05, 0) is 11.6 Å². The number of hydrogen-bond donors (Lipinski definition) is 1. The van der Waals surface area contributed by atoms with E-state index in [9.17, 15) is 0 Å². The van der Waals surface area contributed by atoms with Crippen LogP contribution in [0.5, 0.6) is 17.2 Å². The van der Waals surface area contributed by atoms with Crippen LogP contribution in [0.25, 0.3) is 0 Å². The van der Waals surface area contributed by atoms with Crippen LogP contribution in [0.3, 0.4) is 0 Å². The van der Waals surface area contributed by atoms with Crippen molar-refractivity contribution >= 4 is 34.7 Å². The lowest BCUT2D eigenvalue weighted by atomic mass is 10.2. The Hall–Kier alpha value is -1.99. The molecule has 112 valence electrons. The van der Waals surface area contributed by atoms with Gasteiger partial charge in [-0.3, -0.25) is 0 Å². The van der Waals surface area contributed by atoms with Gasteiger partial charge in [-0.15, -0.1) is 10.2 Å². The van der Waals surface area contributed by atoms with E-state index in [-0.39, 0.29) is 16.3 Å². The van der Waals surface area contributed by atoms with Crippen molar-refractivity contribution in [2.45, 2.75) is 0 Å². The quantitative estimate of drug-likeness (QED) is 0.902. The smallest absolute Gasteiger partial charge is 0.245 e. The van der Waals surface area contributed by atoms with Gasteiger partial charge in [0.25, 0.3) is 0 Å². The third-order valence-electron chi connectivity index (χ3n) is 2.55. The highest BCUT2D eigenvalue weighted by Gasteiger charge is 2.14. The summed E-state index contributed by atoms with van der Waals surface area (Å²) in [4.78, 5) is 3.96. The van der Waals surface area contributed by atoms with Crippen LogP contribution in [-0.2, 0) is 0 Å². The maximum Gasteiger partial charge on any atom is 0.245 e. The van der Waals surface area contributed by atoms with Gasteiger partial charge in [-0.2, -0.15) is 4.98 Å². The molecular formula is C12H12Cl2N4O3. The van der Waals surface area contributed by atoms with Crippen molar-refractivity contribution in [1.82, 2.24) is 15.2 Å². The molecule has 0 aliphatic heterocycles. The summed E-state index contributed by atoms with van der Waals surface area (Å²) in [5.41, 5.74) is 0.614. The van der Waals surface area contributed by atoms with Crippen molar-refractivity contribution in [2.75, 3.05) is 26.6 Å². The van der Waals surface area contributed by atoms with Gasteiger partial charge in [0.05, 0.1) is 21.3 Å². The van der Waals surface area contributed by atoms with Crippen LogP contribution in [0, 0.1) is 0 Å². The third-order valence-corrected chi connectivity index (χ3v) is 2.96. The van der Waals surface area contributed by atoms with Gasteiger partial charge in [-0.1, -0.05) is 11.6 Å². The molecule has 0 unspecified atom stereocenters. The predicted octanol–water partition coefficient (Wildman–Crippen LogP) is 2.95. The molecule has 21 heavy (non-hydrogen) atoms. The molecule has 0 fully saturated rings. The second-order valence-electron chi connectivity index (χ2n) is 3.76. The minimum absolute atomic E-state index is 0.0191. The van der Waals surface area contributed by atoms with Gasteiger partial charge < -0.3 is 19.5 Å². The number of aromatic nitrogens is 3. The molecule has 0 bridgehead atoms. The summed E-state index contributed by atoms with van der Waals surface area (Å²) < 4.78 is 15.8. The first-order chi connectivity index (χ1) is 10.1.